The van der Waals surface area contributed by atoms with Crippen LogP contribution < -0.4 is 14.2 Å². The highest BCUT2D eigenvalue weighted by Crippen LogP contribution is 2.36. The van der Waals surface area contributed by atoms with Crippen molar-refractivity contribution in [3.8, 4) is 28.5 Å². The van der Waals surface area contributed by atoms with Crippen LogP contribution in [0, 0.1) is 6.92 Å². The molecular formula is C34H38N2O5. The number of hydrogen-bond acceptors (Lipinski definition) is 6. The first kappa shape index (κ1) is 28.4. The summed E-state index contributed by atoms with van der Waals surface area (Å²) in [6.07, 6.45) is 5.24. The summed E-state index contributed by atoms with van der Waals surface area (Å²) in [5.74, 6) is 1.20. The normalized spacial score (nSPS) is 14.0. The molecule has 1 aromatic heterocycles. The lowest BCUT2D eigenvalue weighted by Gasteiger charge is -2.19. The predicted molar refractivity (Wildman–Crippen MR) is 161 cm³/mol. The van der Waals surface area contributed by atoms with Gasteiger partial charge in [-0.1, -0.05) is 25.0 Å². The minimum Gasteiger partial charge on any atom is -0.492 e. The SMILES string of the molecule is CC(=O)Oc1ccc(-c2c(C)c3cc(OC(C)=O)ccc3n2Cc2ccc(OCCN3CCCCCC3)cc2)cc1. The highest BCUT2D eigenvalue weighted by atomic mass is 16.5. The molecule has 0 N–H and O–H groups in total. The van der Waals surface area contributed by atoms with Crippen LogP contribution in [0.25, 0.3) is 22.2 Å². The fourth-order valence-corrected chi connectivity index (χ4v) is 5.64. The molecule has 2 heterocycles. The number of likely N-dealkylation sites (tertiary alicyclic amines) is 1. The highest BCUT2D eigenvalue weighted by molar-refractivity contribution is 5.93. The van der Waals surface area contributed by atoms with E-state index in [0.717, 1.165) is 45.6 Å². The highest BCUT2D eigenvalue weighted by Gasteiger charge is 2.18. The second-order valence-electron chi connectivity index (χ2n) is 10.7. The van der Waals surface area contributed by atoms with Gasteiger partial charge in [-0.25, -0.2) is 0 Å². The maximum atomic E-state index is 11.6. The summed E-state index contributed by atoms with van der Waals surface area (Å²) in [5, 5.41) is 1.01. The van der Waals surface area contributed by atoms with Crippen LogP contribution in [0.4, 0.5) is 0 Å². The van der Waals surface area contributed by atoms with Crippen molar-refractivity contribution < 1.29 is 23.8 Å². The lowest BCUT2D eigenvalue weighted by Crippen LogP contribution is -2.29. The van der Waals surface area contributed by atoms with Gasteiger partial charge in [0.25, 0.3) is 0 Å². The summed E-state index contributed by atoms with van der Waals surface area (Å²) in [5.41, 5.74) is 5.30. The quantitative estimate of drug-likeness (QED) is 0.168. The average Bonchev–Trinajstić information content (AvgIpc) is 3.09. The second-order valence-corrected chi connectivity index (χ2v) is 10.7. The number of ether oxygens (including phenoxy) is 3. The lowest BCUT2D eigenvalue weighted by atomic mass is 10.1. The standard InChI is InChI=1S/C34H38N2O5/c1-24-32-22-31(41-26(3)38)16-17-33(32)36(34(24)28-10-14-30(15-11-28)40-25(2)37)23-27-8-12-29(13-9-27)39-21-20-35-18-6-4-5-7-19-35/h8-17,22H,4-7,18-21,23H2,1-3H3. The second kappa shape index (κ2) is 13.0. The minimum absolute atomic E-state index is 0.351. The van der Waals surface area contributed by atoms with Crippen LogP contribution in [0.5, 0.6) is 17.2 Å². The summed E-state index contributed by atoms with van der Waals surface area (Å²) >= 11 is 0. The summed E-state index contributed by atoms with van der Waals surface area (Å²) in [6, 6.07) is 21.6. The molecule has 0 saturated carbocycles. The van der Waals surface area contributed by atoms with Crippen molar-refractivity contribution in [2.75, 3.05) is 26.2 Å². The molecule has 0 atom stereocenters. The van der Waals surface area contributed by atoms with Gasteiger partial charge in [0.1, 0.15) is 23.9 Å². The predicted octanol–water partition coefficient (Wildman–Crippen LogP) is 6.77. The number of esters is 2. The van der Waals surface area contributed by atoms with Crippen molar-refractivity contribution in [1.82, 2.24) is 9.47 Å². The van der Waals surface area contributed by atoms with Gasteiger partial charge in [-0.3, -0.25) is 14.5 Å². The van der Waals surface area contributed by atoms with Crippen LogP contribution in [-0.4, -0.2) is 47.6 Å². The Bertz CT molecular complexity index is 1500. The fraction of sp³-hybridized carbons (Fsp3) is 0.353. The van der Waals surface area contributed by atoms with Crippen molar-refractivity contribution in [2.45, 2.75) is 53.0 Å². The Labute approximate surface area is 241 Å². The van der Waals surface area contributed by atoms with Gasteiger partial charge >= 0.3 is 11.9 Å². The van der Waals surface area contributed by atoms with E-state index in [-0.39, 0.29) is 11.9 Å². The Morgan fingerprint density at radius 1 is 0.756 bits per heavy atom. The van der Waals surface area contributed by atoms with E-state index in [1.54, 1.807) is 12.1 Å². The molecule has 1 fully saturated rings. The summed E-state index contributed by atoms with van der Waals surface area (Å²) in [7, 11) is 0. The third kappa shape index (κ3) is 7.16. The van der Waals surface area contributed by atoms with Crippen LogP contribution in [0.15, 0.2) is 66.7 Å². The molecule has 1 saturated heterocycles. The molecule has 3 aromatic carbocycles. The van der Waals surface area contributed by atoms with E-state index in [1.165, 1.54) is 52.6 Å². The summed E-state index contributed by atoms with van der Waals surface area (Å²) < 4.78 is 19.0. The average molecular weight is 555 g/mol. The minimum atomic E-state index is -0.351. The molecule has 0 unspecified atom stereocenters. The number of carbonyl (C=O) groups excluding carboxylic acids is 2. The van der Waals surface area contributed by atoms with Gasteiger partial charge in [0, 0.05) is 37.8 Å². The summed E-state index contributed by atoms with van der Waals surface area (Å²) in [4.78, 5) is 25.5. The van der Waals surface area contributed by atoms with E-state index in [0.29, 0.717) is 24.7 Å². The van der Waals surface area contributed by atoms with Gasteiger partial charge in [0.05, 0.1) is 5.69 Å². The van der Waals surface area contributed by atoms with Crippen molar-refractivity contribution in [3.05, 3.63) is 77.9 Å². The van der Waals surface area contributed by atoms with Gasteiger partial charge < -0.3 is 18.8 Å². The Morgan fingerprint density at radius 3 is 2.02 bits per heavy atom. The van der Waals surface area contributed by atoms with Crippen molar-refractivity contribution in [1.29, 1.82) is 0 Å². The molecule has 214 valence electrons. The zero-order chi connectivity index (χ0) is 28.8. The number of carbonyl (C=O) groups is 2. The van der Waals surface area contributed by atoms with Crippen molar-refractivity contribution in [3.63, 3.8) is 0 Å². The van der Waals surface area contributed by atoms with Crippen molar-refractivity contribution in [2.24, 2.45) is 0 Å². The molecule has 5 rings (SSSR count). The number of fused-ring (bicyclic) bond motifs is 1. The zero-order valence-electron chi connectivity index (χ0n) is 24.2. The molecule has 4 aromatic rings. The number of nitrogens with zero attached hydrogens (tertiary/aromatic N) is 2. The molecule has 0 amide bonds. The maximum absolute atomic E-state index is 11.6. The van der Waals surface area contributed by atoms with E-state index in [2.05, 4.69) is 28.5 Å². The van der Waals surface area contributed by atoms with E-state index in [1.807, 2.05) is 42.5 Å². The lowest BCUT2D eigenvalue weighted by molar-refractivity contribution is -0.132. The van der Waals surface area contributed by atoms with E-state index in [9.17, 15) is 9.59 Å². The Balaban J connectivity index is 1.39. The maximum Gasteiger partial charge on any atom is 0.308 e. The molecule has 7 nitrogen and oxygen atoms in total. The smallest absolute Gasteiger partial charge is 0.308 e. The molecule has 41 heavy (non-hydrogen) atoms. The van der Waals surface area contributed by atoms with Gasteiger partial charge in [-0.05, 0) is 104 Å². The van der Waals surface area contributed by atoms with Gasteiger partial charge in [-0.15, -0.1) is 0 Å². The molecule has 0 radical (unpaired) electrons. The van der Waals surface area contributed by atoms with E-state index < -0.39 is 0 Å². The first-order valence-corrected chi connectivity index (χ1v) is 14.4. The number of rotatable bonds is 9. The number of benzene rings is 3. The van der Waals surface area contributed by atoms with Gasteiger partial charge in [-0.2, -0.15) is 0 Å². The molecular weight excluding hydrogens is 516 g/mol. The third-order valence-corrected chi connectivity index (χ3v) is 7.58. The Kier molecular flexibility index (Phi) is 9.04. The number of aromatic nitrogens is 1. The first-order chi connectivity index (χ1) is 19.9. The van der Waals surface area contributed by atoms with E-state index >= 15 is 0 Å². The van der Waals surface area contributed by atoms with Crippen molar-refractivity contribution >= 4 is 22.8 Å². The van der Waals surface area contributed by atoms with E-state index in [4.69, 9.17) is 14.2 Å². The van der Waals surface area contributed by atoms with Crippen LogP contribution in [0.2, 0.25) is 0 Å². The van der Waals surface area contributed by atoms with Gasteiger partial charge in [0.2, 0.25) is 0 Å². The van der Waals surface area contributed by atoms with Gasteiger partial charge in [0.15, 0.2) is 0 Å². The molecule has 1 aliphatic heterocycles. The monoisotopic (exact) mass is 554 g/mol. The van der Waals surface area contributed by atoms with Crippen LogP contribution in [0.1, 0.15) is 50.7 Å². The zero-order valence-corrected chi connectivity index (χ0v) is 24.2. The number of hydrogen-bond donors (Lipinski definition) is 0. The first-order valence-electron chi connectivity index (χ1n) is 14.4. The van der Waals surface area contributed by atoms with Crippen LogP contribution in [-0.2, 0) is 16.1 Å². The largest absolute Gasteiger partial charge is 0.492 e. The molecule has 0 aliphatic carbocycles. The molecule has 0 spiro atoms. The summed E-state index contributed by atoms with van der Waals surface area (Å²) in [6.45, 7) is 9.51. The molecule has 0 bridgehead atoms. The Hall–Kier alpha value is -4.10. The third-order valence-electron chi connectivity index (χ3n) is 7.58. The fourth-order valence-electron chi connectivity index (χ4n) is 5.64. The number of aryl methyl sites for hydroxylation is 1. The van der Waals surface area contributed by atoms with Crippen LogP contribution >= 0.6 is 0 Å². The molecule has 1 aliphatic rings. The topological polar surface area (TPSA) is 70.0 Å². The Morgan fingerprint density at radius 2 is 1.37 bits per heavy atom. The molecule has 7 heteroatoms. The van der Waals surface area contributed by atoms with Crippen LogP contribution in [0.3, 0.4) is 0 Å².